The fourth-order valence-electron chi connectivity index (χ4n) is 1.52. The van der Waals surface area contributed by atoms with Crippen molar-refractivity contribution >= 4 is 11.8 Å². The van der Waals surface area contributed by atoms with E-state index in [4.69, 9.17) is 4.74 Å². The van der Waals surface area contributed by atoms with Crippen molar-refractivity contribution in [1.82, 2.24) is 15.3 Å². The predicted octanol–water partition coefficient (Wildman–Crippen LogP) is 2.71. The first-order chi connectivity index (χ1) is 8.83. The summed E-state index contributed by atoms with van der Waals surface area (Å²) in [4.78, 5) is 9.58. The van der Waals surface area contributed by atoms with Gasteiger partial charge in [0.2, 0.25) is 5.88 Å². The van der Waals surface area contributed by atoms with Gasteiger partial charge in [0.1, 0.15) is 5.75 Å². The van der Waals surface area contributed by atoms with Crippen LogP contribution in [0, 0.1) is 0 Å². The van der Waals surface area contributed by atoms with Crippen molar-refractivity contribution in [3.05, 3.63) is 42.4 Å². The molecular formula is C13H15N3OS. The minimum absolute atomic E-state index is 0.518. The minimum Gasteiger partial charge on any atom is -0.436 e. The summed E-state index contributed by atoms with van der Waals surface area (Å²) >= 11 is 1.64. The topological polar surface area (TPSA) is 47.0 Å². The van der Waals surface area contributed by atoms with Gasteiger partial charge in [-0.1, -0.05) is 12.1 Å². The monoisotopic (exact) mass is 261 g/mol. The standard InChI is InChI=1S/C13H15N3OS/c1-14-7-10-8-15-9-13(16-10)17-11-5-3-4-6-12(11)18-2/h3-6,8-9,14H,7H2,1-2H3. The molecule has 1 aromatic carbocycles. The second-order valence-corrected chi connectivity index (χ2v) is 4.48. The van der Waals surface area contributed by atoms with Crippen molar-refractivity contribution in [2.24, 2.45) is 0 Å². The molecule has 1 heterocycles. The van der Waals surface area contributed by atoms with Gasteiger partial charge in [-0.15, -0.1) is 11.8 Å². The van der Waals surface area contributed by atoms with Crippen molar-refractivity contribution in [2.75, 3.05) is 13.3 Å². The zero-order chi connectivity index (χ0) is 12.8. The molecule has 0 aliphatic rings. The van der Waals surface area contributed by atoms with Gasteiger partial charge in [0, 0.05) is 17.6 Å². The Bertz CT molecular complexity index is 519. The van der Waals surface area contributed by atoms with Crippen LogP contribution in [0.15, 0.2) is 41.6 Å². The summed E-state index contributed by atoms with van der Waals surface area (Å²) in [5, 5.41) is 3.04. The number of ether oxygens (including phenoxy) is 1. The molecular weight excluding hydrogens is 246 g/mol. The van der Waals surface area contributed by atoms with Crippen LogP contribution < -0.4 is 10.1 Å². The van der Waals surface area contributed by atoms with E-state index in [0.29, 0.717) is 12.4 Å². The third-order valence-corrected chi connectivity index (χ3v) is 3.08. The van der Waals surface area contributed by atoms with Gasteiger partial charge in [0.25, 0.3) is 0 Å². The Morgan fingerprint density at radius 1 is 1.28 bits per heavy atom. The lowest BCUT2D eigenvalue weighted by molar-refractivity contribution is 0.446. The summed E-state index contributed by atoms with van der Waals surface area (Å²) in [7, 11) is 1.87. The second-order valence-electron chi connectivity index (χ2n) is 3.63. The summed E-state index contributed by atoms with van der Waals surface area (Å²) in [5.41, 5.74) is 0.858. The van der Waals surface area contributed by atoms with Gasteiger partial charge < -0.3 is 10.1 Å². The molecule has 0 amide bonds. The normalized spacial score (nSPS) is 10.3. The molecule has 0 saturated carbocycles. The Hall–Kier alpha value is -1.59. The number of aromatic nitrogens is 2. The molecule has 1 aromatic heterocycles. The number of hydrogen-bond donors (Lipinski definition) is 1. The summed E-state index contributed by atoms with van der Waals surface area (Å²) in [6, 6.07) is 7.88. The highest BCUT2D eigenvalue weighted by Gasteiger charge is 2.05. The maximum Gasteiger partial charge on any atom is 0.238 e. The lowest BCUT2D eigenvalue weighted by Gasteiger charge is -2.09. The van der Waals surface area contributed by atoms with Crippen LogP contribution in [0.2, 0.25) is 0 Å². The van der Waals surface area contributed by atoms with E-state index in [0.717, 1.165) is 16.3 Å². The summed E-state index contributed by atoms with van der Waals surface area (Å²) in [5.74, 6) is 1.32. The third-order valence-electron chi connectivity index (χ3n) is 2.30. The first-order valence-electron chi connectivity index (χ1n) is 5.60. The Morgan fingerprint density at radius 2 is 2.11 bits per heavy atom. The number of nitrogens with zero attached hydrogens (tertiary/aromatic N) is 2. The molecule has 94 valence electrons. The number of benzene rings is 1. The molecule has 0 aliphatic carbocycles. The highest BCUT2D eigenvalue weighted by atomic mass is 32.2. The van der Waals surface area contributed by atoms with E-state index in [2.05, 4.69) is 15.3 Å². The third kappa shape index (κ3) is 3.21. The molecule has 0 fully saturated rings. The number of thioether (sulfide) groups is 1. The number of hydrogen-bond acceptors (Lipinski definition) is 5. The summed E-state index contributed by atoms with van der Waals surface area (Å²) < 4.78 is 5.77. The number of rotatable bonds is 5. The average Bonchev–Trinajstić information content (AvgIpc) is 2.40. The van der Waals surface area contributed by atoms with Crippen molar-refractivity contribution in [3.8, 4) is 11.6 Å². The van der Waals surface area contributed by atoms with E-state index >= 15 is 0 Å². The Morgan fingerprint density at radius 3 is 2.89 bits per heavy atom. The van der Waals surface area contributed by atoms with E-state index in [1.807, 2.05) is 37.6 Å². The molecule has 0 aliphatic heterocycles. The van der Waals surface area contributed by atoms with E-state index in [1.54, 1.807) is 24.2 Å². The smallest absolute Gasteiger partial charge is 0.238 e. The molecule has 0 unspecified atom stereocenters. The van der Waals surface area contributed by atoms with Crippen molar-refractivity contribution < 1.29 is 4.74 Å². The highest BCUT2D eigenvalue weighted by molar-refractivity contribution is 7.98. The van der Waals surface area contributed by atoms with Gasteiger partial charge in [-0.3, -0.25) is 4.98 Å². The fraction of sp³-hybridized carbons (Fsp3) is 0.231. The van der Waals surface area contributed by atoms with Gasteiger partial charge in [0.15, 0.2) is 0 Å². The van der Waals surface area contributed by atoms with E-state index < -0.39 is 0 Å². The maximum absolute atomic E-state index is 5.77. The van der Waals surface area contributed by atoms with Crippen LogP contribution in [0.25, 0.3) is 0 Å². The largest absolute Gasteiger partial charge is 0.436 e. The van der Waals surface area contributed by atoms with Gasteiger partial charge in [-0.05, 0) is 25.4 Å². The van der Waals surface area contributed by atoms with Crippen molar-refractivity contribution in [2.45, 2.75) is 11.4 Å². The lowest BCUT2D eigenvalue weighted by atomic mass is 10.3. The minimum atomic E-state index is 0.518. The van der Waals surface area contributed by atoms with Crippen LogP contribution in [0.4, 0.5) is 0 Å². The molecule has 0 atom stereocenters. The predicted molar refractivity (Wildman–Crippen MR) is 73.1 cm³/mol. The van der Waals surface area contributed by atoms with Crippen molar-refractivity contribution in [1.29, 1.82) is 0 Å². The molecule has 0 bridgehead atoms. The quantitative estimate of drug-likeness (QED) is 0.839. The number of para-hydroxylation sites is 1. The summed E-state index contributed by atoms with van der Waals surface area (Å²) in [6.45, 7) is 0.675. The zero-order valence-electron chi connectivity index (χ0n) is 10.4. The molecule has 0 spiro atoms. The Kier molecular flexibility index (Phi) is 4.55. The van der Waals surface area contributed by atoms with Crippen molar-refractivity contribution in [3.63, 3.8) is 0 Å². The lowest BCUT2D eigenvalue weighted by Crippen LogP contribution is -2.07. The van der Waals surface area contributed by atoms with E-state index in [1.165, 1.54) is 0 Å². The van der Waals surface area contributed by atoms with E-state index in [-0.39, 0.29) is 0 Å². The molecule has 4 nitrogen and oxygen atoms in total. The van der Waals surface area contributed by atoms with Crippen LogP contribution in [0.1, 0.15) is 5.69 Å². The first-order valence-corrected chi connectivity index (χ1v) is 6.82. The van der Waals surface area contributed by atoms with Crippen LogP contribution >= 0.6 is 11.8 Å². The van der Waals surface area contributed by atoms with Crippen LogP contribution in [0.5, 0.6) is 11.6 Å². The average molecular weight is 261 g/mol. The second kappa shape index (κ2) is 6.37. The molecule has 5 heteroatoms. The molecule has 2 aromatic rings. The van der Waals surface area contributed by atoms with Gasteiger partial charge in [-0.25, -0.2) is 4.98 Å². The van der Waals surface area contributed by atoms with Gasteiger partial charge in [-0.2, -0.15) is 0 Å². The first kappa shape index (κ1) is 12.9. The molecule has 18 heavy (non-hydrogen) atoms. The maximum atomic E-state index is 5.77. The zero-order valence-corrected chi connectivity index (χ0v) is 11.2. The summed E-state index contributed by atoms with van der Waals surface area (Å²) in [6.07, 6.45) is 5.37. The molecule has 0 radical (unpaired) electrons. The van der Waals surface area contributed by atoms with Crippen LogP contribution in [-0.2, 0) is 6.54 Å². The highest BCUT2D eigenvalue weighted by Crippen LogP contribution is 2.30. The van der Waals surface area contributed by atoms with Gasteiger partial charge in [0.05, 0.1) is 11.9 Å². The Labute approximate surface area is 111 Å². The van der Waals surface area contributed by atoms with Crippen LogP contribution in [-0.4, -0.2) is 23.3 Å². The fourth-order valence-corrected chi connectivity index (χ4v) is 2.04. The van der Waals surface area contributed by atoms with Crippen LogP contribution in [0.3, 0.4) is 0 Å². The van der Waals surface area contributed by atoms with Gasteiger partial charge >= 0.3 is 0 Å². The SMILES string of the molecule is CNCc1cncc(Oc2ccccc2SC)n1. The molecule has 2 rings (SSSR count). The molecule has 1 N–H and O–H groups in total. The molecule has 0 saturated heterocycles. The Balaban J connectivity index is 2.20. The number of nitrogens with one attached hydrogen (secondary N) is 1. The van der Waals surface area contributed by atoms with E-state index in [9.17, 15) is 0 Å².